The van der Waals surface area contributed by atoms with Crippen molar-refractivity contribution in [1.82, 2.24) is 10.2 Å². The summed E-state index contributed by atoms with van der Waals surface area (Å²) in [4.78, 5) is 16.7. The minimum absolute atomic E-state index is 0.0720. The predicted octanol–water partition coefficient (Wildman–Crippen LogP) is 4.14. The Hall–Kier alpha value is -2.31. The van der Waals surface area contributed by atoms with Gasteiger partial charge in [-0.2, -0.15) is 0 Å². The zero-order valence-corrected chi connectivity index (χ0v) is 18.1. The number of ether oxygens (including phenoxy) is 2. The van der Waals surface area contributed by atoms with E-state index in [1.165, 1.54) is 4.88 Å². The summed E-state index contributed by atoms with van der Waals surface area (Å²) in [5.41, 5.74) is 1.49. The third kappa shape index (κ3) is 5.61. The number of nitrogens with zero attached hydrogens (tertiary/aromatic N) is 1. The Morgan fingerprint density at radius 3 is 2.72 bits per heavy atom. The lowest BCUT2D eigenvalue weighted by Crippen LogP contribution is -2.38. The van der Waals surface area contributed by atoms with E-state index in [2.05, 4.69) is 34.3 Å². The molecule has 156 valence electrons. The maximum absolute atomic E-state index is 12.7. The van der Waals surface area contributed by atoms with E-state index in [0.717, 1.165) is 38.0 Å². The molecule has 6 heteroatoms. The fourth-order valence-electron chi connectivity index (χ4n) is 3.79. The standard InChI is InChI=1S/C23H30N2O3S/c1-4-6-18-13-19(14-21(27-2)22(18)28-3)23(26)24-15-17-8-10-25(11-9-17)16-20-7-5-12-29-20/h4-5,7,12-14,17H,1,6,8-11,15-16H2,2-3H3,(H,24,26). The number of methoxy groups -OCH3 is 2. The van der Waals surface area contributed by atoms with E-state index in [1.807, 2.05) is 17.4 Å². The van der Waals surface area contributed by atoms with Gasteiger partial charge in [0, 0.05) is 29.1 Å². The second kappa shape index (κ2) is 10.5. The van der Waals surface area contributed by atoms with E-state index in [4.69, 9.17) is 9.47 Å². The largest absolute Gasteiger partial charge is 0.493 e. The summed E-state index contributed by atoms with van der Waals surface area (Å²) in [7, 11) is 3.19. The summed E-state index contributed by atoms with van der Waals surface area (Å²) in [6.07, 6.45) is 4.63. The second-order valence-electron chi connectivity index (χ2n) is 7.37. The molecule has 3 rings (SSSR count). The SMILES string of the molecule is C=CCc1cc(C(=O)NCC2CCN(Cc3cccs3)CC2)cc(OC)c1OC. The molecular weight excluding hydrogens is 384 g/mol. The molecule has 1 N–H and O–H groups in total. The van der Waals surface area contributed by atoms with Gasteiger partial charge in [0.05, 0.1) is 14.2 Å². The van der Waals surface area contributed by atoms with Crippen LogP contribution >= 0.6 is 11.3 Å². The van der Waals surface area contributed by atoms with Crippen LogP contribution in [0.4, 0.5) is 0 Å². The average molecular weight is 415 g/mol. The molecule has 1 aliphatic rings. The van der Waals surface area contributed by atoms with Gasteiger partial charge in [0.15, 0.2) is 11.5 Å². The zero-order chi connectivity index (χ0) is 20.6. The third-order valence-electron chi connectivity index (χ3n) is 5.40. The minimum Gasteiger partial charge on any atom is -0.493 e. The van der Waals surface area contributed by atoms with Crippen molar-refractivity contribution in [3.63, 3.8) is 0 Å². The molecule has 1 aromatic carbocycles. The number of nitrogens with one attached hydrogen (secondary N) is 1. The molecular formula is C23H30N2O3S. The molecule has 0 aliphatic carbocycles. The van der Waals surface area contributed by atoms with Crippen molar-refractivity contribution in [2.24, 2.45) is 5.92 Å². The van der Waals surface area contributed by atoms with E-state index >= 15 is 0 Å². The van der Waals surface area contributed by atoms with Crippen LogP contribution in [0.3, 0.4) is 0 Å². The molecule has 1 fully saturated rings. The van der Waals surface area contributed by atoms with Crippen LogP contribution in [0.25, 0.3) is 0 Å². The molecule has 1 amide bonds. The number of carbonyl (C=O) groups excluding carboxylic acids is 1. The maximum Gasteiger partial charge on any atom is 0.251 e. The lowest BCUT2D eigenvalue weighted by Gasteiger charge is -2.31. The average Bonchev–Trinajstić information content (AvgIpc) is 3.25. The van der Waals surface area contributed by atoms with Crippen molar-refractivity contribution in [3.05, 3.63) is 58.3 Å². The van der Waals surface area contributed by atoms with Gasteiger partial charge in [-0.3, -0.25) is 9.69 Å². The number of hydrogen-bond donors (Lipinski definition) is 1. The second-order valence-corrected chi connectivity index (χ2v) is 8.40. The zero-order valence-electron chi connectivity index (χ0n) is 17.3. The fourth-order valence-corrected chi connectivity index (χ4v) is 4.54. The Morgan fingerprint density at radius 1 is 1.31 bits per heavy atom. The summed E-state index contributed by atoms with van der Waals surface area (Å²) >= 11 is 1.82. The Balaban J connectivity index is 1.54. The van der Waals surface area contributed by atoms with Gasteiger partial charge in [0.25, 0.3) is 5.91 Å². The number of carbonyl (C=O) groups is 1. The normalized spacial score (nSPS) is 15.1. The summed E-state index contributed by atoms with van der Waals surface area (Å²) in [6.45, 7) is 7.69. The Morgan fingerprint density at radius 2 is 2.10 bits per heavy atom. The van der Waals surface area contributed by atoms with Gasteiger partial charge < -0.3 is 14.8 Å². The third-order valence-corrected chi connectivity index (χ3v) is 6.26. The fraction of sp³-hybridized carbons (Fsp3) is 0.435. The Bertz CT molecular complexity index is 812. The molecule has 0 saturated carbocycles. The monoisotopic (exact) mass is 414 g/mol. The highest BCUT2D eigenvalue weighted by molar-refractivity contribution is 7.09. The molecule has 1 saturated heterocycles. The summed E-state index contributed by atoms with van der Waals surface area (Å²) < 4.78 is 10.9. The first-order valence-electron chi connectivity index (χ1n) is 10.0. The van der Waals surface area contributed by atoms with Crippen molar-refractivity contribution in [2.75, 3.05) is 33.9 Å². The summed E-state index contributed by atoms with van der Waals surface area (Å²) in [5, 5.41) is 5.24. The quantitative estimate of drug-likeness (QED) is 0.627. The van der Waals surface area contributed by atoms with Gasteiger partial charge in [0.1, 0.15) is 0 Å². The Labute approximate surface area is 177 Å². The van der Waals surface area contributed by atoms with Crippen LogP contribution in [0.5, 0.6) is 11.5 Å². The number of likely N-dealkylation sites (tertiary alicyclic amines) is 1. The van der Waals surface area contributed by atoms with E-state index in [-0.39, 0.29) is 5.91 Å². The van der Waals surface area contributed by atoms with E-state index in [9.17, 15) is 4.79 Å². The van der Waals surface area contributed by atoms with Gasteiger partial charge in [-0.1, -0.05) is 12.1 Å². The minimum atomic E-state index is -0.0720. The van der Waals surface area contributed by atoms with Crippen LogP contribution in [0.1, 0.15) is 33.6 Å². The van der Waals surface area contributed by atoms with Crippen LogP contribution in [0.15, 0.2) is 42.3 Å². The Kier molecular flexibility index (Phi) is 7.72. The smallest absolute Gasteiger partial charge is 0.251 e. The number of thiophene rings is 1. The van der Waals surface area contributed by atoms with Gasteiger partial charge >= 0.3 is 0 Å². The van der Waals surface area contributed by atoms with Crippen LogP contribution < -0.4 is 14.8 Å². The molecule has 2 aromatic rings. The molecule has 0 radical (unpaired) electrons. The van der Waals surface area contributed by atoms with Crippen molar-refractivity contribution >= 4 is 17.2 Å². The lowest BCUT2D eigenvalue weighted by atomic mass is 9.96. The van der Waals surface area contributed by atoms with Gasteiger partial charge in [-0.25, -0.2) is 0 Å². The first kappa shape index (κ1) is 21.4. The van der Waals surface area contributed by atoms with Crippen molar-refractivity contribution in [1.29, 1.82) is 0 Å². The van der Waals surface area contributed by atoms with Gasteiger partial charge in [-0.05, 0) is 61.8 Å². The number of amides is 1. The molecule has 1 aliphatic heterocycles. The molecule has 0 atom stereocenters. The maximum atomic E-state index is 12.7. The predicted molar refractivity (Wildman–Crippen MR) is 118 cm³/mol. The van der Waals surface area contributed by atoms with Crippen molar-refractivity contribution in [3.8, 4) is 11.5 Å². The topological polar surface area (TPSA) is 50.8 Å². The van der Waals surface area contributed by atoms with Crippen LogP contribution in [-0.4, -0.2) is 44.7 Å². The van der Waals surface area contributed by atoms with E-state index in [0.29, 0.717) is 35.9 Å². The first-order valence-corrected chi connectivity index (χ1v) is 10.9. The summed E-state index contributed by atoms with van der Waals surface area (Å²) in [5.74, 6) is 1.67. The summed E-state index contributed by atoms with van der Waals surface area (Å²) in [6, 6.07) is 7.91. The van der Waals surface area contributed by atoms with Crippen molar-refractivity contribution in [2.45, 2.75) is 25.8 Å². The lowest BCUT2D eigenvalue weighted by molar-refractivity contribution is 0.0935. The highest BCUT2D eigenvalue weighted by Crippen LogP contribution is 2.33. The molecule has 5 nitrogen and oxygen atoms in total. The highest BCUT2D eigenvalue weighted by atomic mass is 32.1. The molecule has 0 spiro atoms. The molecule has 2 heterocycles. The molecule has 1 aromatic heterocycles. The van der Waals surface area contributed by atoms with E-state index in [1.54, 1.807) is 26.4 Å². The highest BCUT2D eigenvalue weighted by Gasteiger charge is 2.21. The number of hydrogen-bond acceptors (Lipinski definition) is 5. The first-order chi connectivity index (χ1) is 14.1. The van der Waals surface area contributed by atoms with Gasteiger partial charge in [-0.15, -0.1) is 17.9 Å². The molecule has 0 bridgehead atoms. The van der Waals surface area contributed by atoms with Gasteiger partial charge in [0.2, 0.25) is 0 Å². The number of rotatable bonds is 9. The number of benzene rings is 1. The van der Waals surface area contributed by atoms with E-state index < -0.39 is 0 Å². The van der Waals surface area contributed by atoms with Crippen LogP contribution in [0.2, 0.25) is 0 Å². The van der Waals surface area contributed by atoms with Crippen LogP contribution in [0, 0.1) is 5.92 Å². The number of allylic oxidation sites excluding steroid dienone is 1. The number of piperidine rings is 1. The van der Waals surface area contributed by atoms with Crippen molar-refractivity contribution < 1.29 is 14.3 Å². The molecule has 0 unspecified atom stereocenters. The molecule has 29 heavy (non-hydrogen) atoms. The van der Waals surface area contributed by atoms with Crippen LogP contribution in [-0.2, 0) is 13.0 Å².